The number of hydrogen-bond acceptors (Lipinski definition) is 9. The second-order valence-corrected chi connectivity index (χ2v) is 12.7. The van der Waals surface area contributed by atoms with Gasteiger partial charge in [0, 0.05) is 25.2 Å². The van der Waals surface area contributed by atoms with E-state index in [0.29, 0.717) is 12.1 Å². The van der Waals surface area contributed by atoms with E-state index in [4.69, 9.17) is 8.83 Å². The molecule has 15 heteroatoms. The van der Waals surface area contributed by atoms with Crippen molar-refractivity contribution < 1.29 is 32.8 Å². The second kappa shape index (κ2) is 14.2. The third kappa shape index (κ3) is 7.55. The number of carbonyl (C=O) groups excluding carboxylic acids is 5. The number of rotatable bonds is 6. The van der Waals surface area contributed by atoms with Crippen LogP contribution in [0.3, 0.4) is 0 Å². The minimum absolute atomic E-state index is 0.0153. The highest BCUT2D eigenvalue weighted by molar-refractivity contribution is 5.98. The first-order chi connectivity index (χ1) is 23.5. The van der Waals surface area contributed by atoms with Gasteiger partial charge in [-0.3, -0.25) is 24.0 Å². The molecule has 0 spiro atoms. The molecule has 0 aliphatic carbocycles. The number of oxazole rings is 2. The molecule has 0 radical (unpaired) electrons. The molecule has 2 aliphatic rings. The summed E-state index contributed by atoms with van der Waals surface area (Å²) in [6, 6.07) is 8.53. The van der Waals surface area contributed by atoms with Gasteiger partial charge in [0.15, 0.2) is 11.4 Å². The summed E-state index contributed by atoms with van der Waals surface area (Å²) >= 11 is 0. The fourth-order valence-corrected chi connectivity index (χ4v) is 6.06. The maximum atomic E-state index is 14.1. The number of nitrogens with one attached hydrogen (secondary N) is 5. The zero-order valence-corrected chi connectivity index (χ0v) is 27.3. The predicted octanol–water partition coefficient (Wildman–Crippen LogP) is 2.44. The van der Waals surface area contributed by atoms with Crippen LogP contribution in [0.1, 0.15) is 94.5 Å². The van der Waals surface area contributed by atoms with Gasteiger partial charge >= 0.3 is 0 Å². The number of fused-ring (bicyclic) bond motifs is 5. The molecule has 5 N–H and O–H groups in total. The molecule has 4 bridgehead atoms. The van der Waals surface area contributed by atoms with Crippen LogP contribution in [0, 0.1) is 5.92 Å². The maximum absolute atomic E-state index is 14.1. The number of hydrogen-bond donors (Lipinski definition) is 5. The minimum Gasteiger partial charge on any atom is -0.446 e. The van der Waals surface area contributed by atoms with Crippen molar-refractivity contribution in [3.63, 3.8) is 0 Å². The Morgan fingerprint density at radius 3 is 2.39 bits per heavy atom. The summed E-state index contributed by atoms with van der Waals surface area (Å²) in [4.78, 5) is 80.7. The number of amides is 5. The molecule has 2 aliphatic heterocycles. The summed E-state index contributed by atoms with van der Waals surface area (Å²) in [7, 11) is 0. The standard InChI is InChI=1S/C34H38N8O7/c1-18(2)12-23-29(44)36-19(3)32-41-26(17-48-32)34(47)42-15-21(37-28(43)22-10-7-11-35-22)14-27(42)31(46)39-24(13-20-8-5-4-6-9-20)33-40-25(16-49-33)30(45)38-23/h4-11,16-19,21,23-24,27,35H,12-15H2,1-3H3,(H,36,44)(H,37,43)(H,38,45)(H,39,46)/t19-,21+,23-,24+,27+/m1/s1. The van der Waals surface area contributed by atoms with Gasteiger partial charge in [-0.05, 0) is 43.4 Å². The van der Waals surface area contributed by atoms with Gasteiger partial charge in [-0.2, -0.15) is 0 Å². The quantitative estimate of drug-likeness (QED) is 0.204. The minimum atomic E-state index is -1.02. The maximum Gasteiger partial charge on any atom is 0.276 e. The Balaban J connectivity index is 1.36. The smallest absolute Gasteiger partial charge is 0.276 e. The molecule has 5 amide bonds. The Labute approximate surface area is 281 Å². The summed E-state index contributed by atoms with van der Waals surface area (Å²) in [5.74, 6) is -2.40. The van der Waals surface area contributed by atoms with Gasteiger partial charge in [0.2, 0.25) is 23.6 Å². The average molecular weight is 671 g/mol. The zero-order chi connectivity index (χ0) is 34.7. The second-order valence-electron chi connectivity index (χ2n) is 12.7. The number of aromatic nitrogens is 3. The molecule has 0 saturated carbocycles. The van der Waals surface area contributed by atoms with Crippen LogP contribution < -0.4 is 21.3 Å². The van der Waals surface area contributed by atoms with Gasteiger partial charge in [-0.25, -0.2) is 9.97 Å². The number of H-pyrrole nitrogens is 1. The van der Waals surface area contributed by atoms with Gasteiger partial charge in [-0.1, -0.05) is 44.2 Å². The van der Waals surface area contributed by atoms with Crippen molar-refractivity contribution in [1.29, 1.82) is 0 Å². The molecule has 0 unspecified atom stereocenters. The van der Waals surface area contributed by atoms with E-state index in [9.17, 15) is 24.0 Å². The first-order valence-corrected chi connectivity index (χ1v) is 16.2. The summed E-state index contributed by atoms with van der Waals surface area (Å²) in [6.07, 6.45) is 4.67. The SMILES string of the molecule is CC(C)C[C@H]1NC(=O)c2coc(n2)[C@H](Cc2ccccc2)NC(=O)[C@@H]2C[C@H](NC(=O)c3ccc[nH]3)CN2C(=O)c2coc(n2)[C@@H](C)NC1=O. The normalized spacial score (nSPS) is 23.3. The number of carbonyl (C=O) groups is 5. The summed E-state index contributed by atoms with van der Waals surface area (Å²) < 4.78 is 11.4. The molecular formula is C34H38N8O7. The van der Waals surface area contributed by atoms with Crippen LogP contribution in [0.15, 0.2) is 70.0 Å². The lowest BCUT2D eigenvalue weighted by Gasteiger charge is -2.25. The molecule has 1 saturated heterocycles. The average Bonchev–Trinajstić information content (AvgIpc) is 3.90. The van der Waals surface area contributed by atoms with Crippen molar-refractivity contribution in [1.82, 2.24) is 41.1 Å². The molecule has 5 atom stereocenters. The number of benzene rings is 1. The van der Waals surface area contributed by atoms with Crippen molar-refractivity contribution in [3.8, 4) is 0 Å². The fourth-order valence-electron chi connectivity index (χ4n) is 6.06. The van der Waals surface area contributed by atoms with Crippen molar-refractivity contribution >= 4 is 29.5 Å². The highest BCUT2D eigenvalue weighted by Crippen LogP contribution is 2.25. The topological polar surface area (TPSA) is 205 Å². The van der Waals surface area contributed by atoms with E-state index in [1.165, 1.54) is 17.4 Å². The van der Waals surface area contributed by atoms with E-state index in [0.717, 1.165) is 5.56 Å². The van der Waals surface area contributed by atoms with E-state index in [1.54, 1.807) is 25.3 Å². The molecule has 3 aromatic heterocycles. The van der Waals surface area contributed by atoms with Gasteiger partial charge in [0.1, 0.15) is 42.4 Å². The molecule has 6 rings (SSSR count). The summed E-state index contributed by atoms with van der Waals surface area (Å²) in [5, 5.41) is 11.4. The van der Waals surface area contributed by atoms with Crippen LogP contribution in [0.4, 0.5) is 0 Å². The van der Waals surface area contributed by atoms with E-state index < -0.39 is 53.8 Å². The lowest BCUT2D eigenvalue weighted by atomic mass is 10.0. The molecule has 4 aromatic rings. The van der Waals surface area contributed by atoms with E-state index in [-0.39, 0.29) is 54.4 Å². The predicted molar refractivity (Wildman–Crippen MR) is 173 cm³/mol. The molecule has 49 heavy (non-hydrogen) atoms. The van der Waals surface area contributed by atoms with Gasteiger partial charge in [0.05, 0.1) is 0 Å². The molecule has 1 aromatic carbocycles. The Hall–Kier alpha value is -5.73. The first-order valence-electron chi connectivity index (χ1n) is 16.2. The van der Waals surface area contributed by atoms with Crippen molar-refractivity contribution in [3.05, 3.63) is 95.6 Å². The first kappa shape index (κ1) is 33.2. The van der Waals surface area contributed by atoms with Crippen LogP contribution in [0.5, 0.6) is 0 Å². The highest BCUT2D eigenvalue weighted by Gasteiger charge is 2.42. The molecule has 15 nitrogen and oxygen atoms in total. The zero-order valence-electron chi connectivity index (χ0n) is 27.3. The largest absolute Gasteiger partial charge is 0.446 e. The third-order valence-electron chi connectivity index (χ3n) is 8.49. The molecular weight excluding hydrogens is 632 g/mol. The van der Waals surface area contributed by atoms with Crippen LogP contribution in [-0.4, -0.2) is 74.1 Å². The van der Waals surface area contributed by atoms with Gasteiger partial charge in [-0.15, -0.1) is 0 Å². The Morgan fingerprint density at radius 1 is 0.918 bits per heavy atom. The molecule has 256 valence electrons. The number of nitrogens with zero attached hydrogens (tertiary/aromatic N) is 3. The number of aromatic amines is 1. The fraction of sp³-hybridized carbons (Fsp3) is 0.382. The summed E-state index contributed by atoms with van der Waals surface area (Å²) in [5.41, 5.74) is 1.05. The lowest BCUT2D eigenvalue weighted by Crippen LogP contribution is -2.48. The van der Waals surface area contributed by atoms with E-state index in [1.807, 2.05) is 44.2 Å². The van der Waals surface area contributed by atoms with E-state index in [2.05, 4.69) is 36.2 Å². The van der Waals surface area contributed by atoms with Gasteiger partial charge < -0.3 is 40.0 Å². The van der Waals surface area contributed by atoms with Gasteiger partial charge in [0.25, 0.3) is 17.7 Å². The monoisotopic (exact) mass is 670 g/mol. The van der Waals surface area contributed by atoms with Crippen molar-refractivity contribution in [2.24, 2.45) is 5.92 Å². The molecule has 5 heterocycles. The van der Waals surface area contributed by atoms with E-state index >= 15 is 0 Å². The Bertz CT molecular complexity index is 1820. The van der Waals surface area contributed by atoms with Crippen molar-refractivity contribution in [2.75, 3.05) is 6.54 Å². The Morgan fingerprint density at radius 2 is 1.65 bits per heavy atom. The van der Waals surface area contributed by atoms with Crippen molar-refractivity contribution in [2.45, 2.75) is 70.2 Å². The highest BCUT2D eigenvalue weighted by atomic mass is 16.3. The van der Waals surface area contributed by atoms with Crippen LogP contribution in [-0.2, 0) is 16.0 Å². The summed E-state index contributed by atoms with van der Waals surface area (Å²) in [6.45, 7) is 5.50. The van der Waals surface area contributed by atoms with Crippen LogP contribution in [0.2, 0.25) is 0 Å². The molecule has 1 fully saturated rings. The van der Waals surface area contributed by atoms with Crippen LogP contribution in [0.25, 0.3) is 0 Å². The Kier molecular flexibility index (Phi) is 9.60. The lowest BCUT2D eigenvalue weighted by molar-refractivity contribution is -0.126. The third-order valence-corrected chi connectivity index (χ3v) is 8.49. The van der Waals surface area contributed by atoms with Crippen LogP contribution >= 0.6 is 0 Å².